The topological polar surface area (TPSA) is 101 Å². The van der Waals surface area contributed by atoms with Crippen molar-refractivity contribution >= 4 is 22.6 Å². The molecule has 8 heteroatoms. The molecule has 1 fully saturated rings. The van der Waals surface area contributed by atoms with Gasteiger partial charge in [-0.15, -0.1) is 5.10 Å². The summed E-state index contributed by atoms with van der Waals surface area (Å²) in [4.78, 5) is 20.5. The van der Waals surface area contributed by atoms with Crippen LogP contribution in [0, 0.1) is 0 Å². The molecule has 1 aliphatic carbocycles. The van der Waals surface area contributed by atoms with E-state index >= 15 is 0 Å². The Bertz CT molecular complexity index is 1110. The Balaban J connectivity index is 1.26. The van der Waals surface area contributed by atoms with Crippen LogP contribution in [0.2, 0.25) is 0 Å². The Kier molecular flexibility index (Phi) is 4.08. The minimum Gasteiger partial charge on any atom is -0.342 e. The maximum atomic E-state index is 12.4. The number of nitrogens with one attached hydrogen (secondary N) is 2. The number of hydrogen-bond acceptors (Lipinski definition) is 5. The normalized spacial score (nSPS) is 14.1. The number of aromatic amines is 1. The number of nitrogens with zero attached hydrogens (tertiary/aromatic N) is 5. The smallest absolute Gasteiger partial charge is 0.228 e. The summed E-state index contributed by atoms with van der Waals surface area (Å²) in [5, 5.41) is 14.1. The van der Waals surface area contributed by atoms with Crippen LogP contribution in [-0.2, 0) is 11.2 Å². The van der Waals surface area contributed by atoms with Gasteiger partial charge in [0.1, 0.15) is 12.2 Å². The highest BCUT2D eigenvalue weighted by Gasteiger charge is 2.22. The van der Waals surface area contributed by atoms with Crippen LogP contribution in [0.1, 0.15) is 36.6 Å². The van der Waals surface area contributed by atoms with E-state index in [-0.39, 0.29) is 5.91 Å². The predicted octanol–water partition coefficient (Wildman–Crippen LogP) is 2.99. The lowest BCUT2D eigenvalue weighted by Gasteiger charge is -2.22. The zero-order chi connectivity index (χ0) is 18.9. The van der Waals surface area contributed by atoms with E-state index in [0.29, 0.717) is 12.3 Å². The summed E-state index contributed by atoms with van der Waals surface area (Å²) in [6, 6.07) is 13.4. The van der Waals surface area contributed by atoms with E-state index in [0.717, 1.165) is 33.8 Å². The molecule has 1 saturated carbocycles. The van der Waals surface area contributed by atoms with Gasteiger partial charge in [-0.1, -0.05) is 18.6 Å². The molecule has 8 nitrogen and oxygen atoms in total. The molecule has 4 aromatic rings. The van der Waals surface area contributed by atoms with Crippen LogP contribution in [0.5, 0.6) is 0 Å². The number of benzene rings is 2. The van der Waals surface area contributed by atoms with Crippen LogP contribution in [0.3, 0.4) is 0 Å². The van der Waals surface area contributed by atoms with Gasteiger partial charge in [-0.25, -0.2) is 9.67 Å². The molecule has 28 heavy (non-hydrogen) atoms. The highest BCUT2D eigenvalue weighted by Crippen LogP contribution is 2.35. The van der Waals surface area contributed by atoms with Crippen molar-refractivity contribution in [3.63, 3.8) is 0 Å². The van der Waals surface area contributed by atoms with Crippen LogP contribution in [0.15, 0.2) is 48.8 Å². The van der Waals surface area contributed by atoms with Crippen molar-refractivity contribution in [2.45, 2.75) is 31.6 Å². The quantitative estimate of drug-likeness (QED) is 0.560. The molecule has 0 bridgehead atoms. The molecular weight excluding hydrogens is 354 g/mol. The molecule has 0 saturated heterocycles. The Morgan fingerprint density at radius 3 is 2.75 bits per heavy atom. The number of tetrazole rings is 1. The van der Waals surface area contributed by atoms with Crippen molar-refractivity contribution in [3.05, 3.63) is 60.2 Å². The van der Waals surface area contributed by atoms with Crippen molar-refractivity contribution in [1.29, 1.82) is 0 Å². The van der Waals surface area contributed by atoms with Gasteiger partial charge in [0.25, 0.3) is 0 Å². The van der Waals surface area contributed by atoms with Gasteiger partial charge in [0.05, 0.1) is 23.1 Å². The number of imidazole rings is 1. The number of amides is 1. The molecule has 2 aromatic heterocycles. The second-order valence-electron chi connectivity index (χ2n) is 7.13. The second-order valence-corrected chi connectivity index (χ2v) is 7.13. The number of rotatable bonds is 5. The number of anilines is 1. The zero-order valence-corrected chi connectivity index (χ0v) is 15.2. The van der Waals surface area contributed by atoms with Crippen LogP contribution in [0.25, 0.3) is 16.7 Å². The molecule has 1 aliphatic rings. The molecule has 1 amide bonds. The molecule has 140 valence electrons. The third-order valence-electron chi connectivity index (χ3n) is 5.19. The van der Waals surface area contributed by atoms with Gasteiger partial charge in [0.15, 0.2) is 0 Å². The van der Waals surface area contributed by atoms with E-state index in [4.69, 9.17) is 0 Å². The average Bonchev–Trinajstić information content (AvgIpc) is 3.30. The zero-order valence-electron chi connectivity index (χ0n) is 15.2. The van der Waals surface area contributed by atoms with Crippen molar-refractivity contribution in [2.24, 2.45) is 0 Å². The van der Waals surface area contributed by atoms with E-state index in [9.17, 15) is 4.79 Å². The Hall–Kier alpha value is -3.55. The Morgan fingerprint density at radius 1 is 1.18 bits per heavy atom. The summed E-state index contributed by atoms with van der Waals surface area (Å²) in [7, 11) is 0. The van der Waals surface area contributed by atoms with Gasteiger partial charge in [-0.2, -0.15) is 0 Å². The standard InChI is InChI=1S/C20H19N7O/c28-19(10-13-4-7-16(8-5-13)27-12-21-25-26-27)22-15-6-9-17-18(11-15)24-20(23-17)14-2-1-3-14/h4-9,11-12,14H,1-3,10H2,(H,22,28)(H,23,24). The molecule has 5 rings (SSSR count). The van der Waals surface area contributed by atoms with Crippen LogP contribution in [-0.4, -0.2) is 36.1 Å². The van der Waals surface area contributed by atoms with Crippen LogP contribution >= 0.6 is 0 Å². The second kappa shape index (κ2) is 6.88. The summed E-state index contributed by atoms with van der Waals surface area (Å²) >= 11 is 0. The van der Waals surface area contributed by atoms with Crippen molar-refractivity contribution in [1.82, 2.24) is 30.2 Å². The minimum absolute atomic E-state index is 0.0618. The van der Waals surface area contributed by atoms with Gasteiger partial charge in [-0.05, 0) is 59.2 Å². The predicted molar refractivity (Wildman–Crippen MR) is 104 cm³/mol. The summed E-state index contributed by atoms with van der Waals surface area (Å²) in [5.74, 6) is 1.56. The average molecular weight is 373 g/mol. The first-order valence-corrected chi connectivity index (χ1v) is 9.36. The van der Waals surface area contributed by atoms with Gasteiger partial charge in [0, 0.05) is 11.6 Å². The van der Waals surface area contributed by atoms with Crippen molar-refractivity contribution in [2.75, 3.05) is 5.32 Å². The van der Waals surface area contributed by atoms with Gasteiger partial charge >= 0.3 is 0 Å². The molecule has 2 N–H and O–H groups in total. The number of fused-ring (bicyclic) bond motifs is 1. The molecule has 0 radical (unpaired) electrons. The number of H-pyrrole nitrogens is 1. The molecule has 2 aromatic carbocycles. The lowest BCUT2D eigenvalue weighted by Crippen LogP contribution is -2.14. The number of aromatic nitrogens is 6. The largest absolute Gasteiger partial charge is 0.342 e. The van der Waals surface area contributed by atoms with E-state index < -0.39 is 0 Å². The first kappa shape index (κ1) is 16.6. The molecule has 0 spiro atoms. The number of hydrogen-bond donors (Lipinski definition) is 2. The van der Waals surface area contributed by atoms with E-state index in [1.165, 1.54) is 25.6 Å². The van der Waals surface area contributed by atoms with Crippen molar-refractivity contribution < 1.29 is 4.79 Å². The summed E-state index contributed by atoms with van der Waals surface area (Å²) in [6.07, 6.45) is 5.51. The summed E-state index contributed by atoms with van der Waals surface area (Å²) < 4.78 is 1.57. The summed E-state index contributed by atoms with van der Waals surface area (Å²) in [6.45, 7) is 0. The molecule has 2 heterocycles. The molecular formula is C20H19N7O. The minimum atomic E-state index is -0.0618. The van der Waals surface area contributed by atoms with Crippen LogP contribution in [0.4, 0.5) is 5.69 Å². The first-order valence-electron chi connectivity index (χ1n) is 9.36. The van der Waals surface area contributed by atoms with E-state index in [2.05, 4.69) is 30.8 Å². The fraction of sp³-hybridized carbons (Fsp3) is 0.250. The van der Waals surface area contributed by atoms with Gasteiger partial charge < -0.3 is 10.3 Å². The summed E-state index contributed by atoms with van der Waals surface area (Å²) in [5.41, 5.74) is 4.44. The SMILES string of the molecule is O=C(Cc1ccc(-n2cnnn2)cc1)Nc1ccc2nc(C3CCC3)[nH]c2c1. The third kappa shape index (κ3) is 3.24. The number of carbonyl (C=O) groups excluding carboxylic acids is 1. The number of carbonyl (C=O) groups is 1. The van der Waals surface area contributed by atoms with Gasteiger partial charge in [0.2, 0.25) is 5.91 Å². The molecule has 0 aliphatic heterocycles. The van der Waals surface area contributed by atoms with Gasteiger partial charge in [-0.3, -0.25) is 4.79 Å². The highest BCUT2D eigenvalue weighted by molar-refractivity contribution is 5.94. The van der Waals surface area contributed by atoms with Crippen LogP contribution < -0.4 is 5.32 Å². The van der Waals surface area contributed by atoms with E-state index in [1.54, 1.807) is 4.68 Å². The first-order chi connectivity index (χ1) is 13.7. The highest BCUT2D eigenvalue weighted by atomic mass is 16.1. The fourth-order valence-electron chi connectivity index (χ4n) is 3.42. The maximum absolute atomic E-state index is 12.4. The third-order valence-corrected chi connectivity index (χ3v) is 5.19. The Labute approximate surface area is 161 Å². The fourth-order valence-corrected chi connectivity index (χ4v) is 3.42. The maximum Gasteiger partial charge on any atom is 0.228 e. The molecule has 0 atom stereocenters. The van der Waals surface area contributed by atoms with E-state index in [1.807, 2.05) is 42.5 Å². The lowest BCUT2D eigenvalue weighted by molar-refractivity contribution is -0.115. The van der Waals surface area contributed by atoms with Crippen molar-refractivity contribution in [3.8, 4) is 5.69 Å². The Morgan fingerprint density at radius 2 is 2.04 bits per heavy atom. The monoisotopic (exact) mass is 373 g/mol. The molecule has 0 unspecified atom stereocenters. The lowest BCUT2D eigenvalue weighted by atomic mass is 9.85.